The Kier molecular flexibility index (Phi) is 8.68. The Labute approximate surface area is 184 Å². The average Bonchev–Trinajstić information content (AvgIpc) is 2.82. The molecule has 178 valence electrons. The largest absolute Gasteiger partial charge is 0.381 e. The van der Waals surface area contributed by atoms with Gasteiger partial charge in [-0.25, -0.2) is 13.9 Å². The van der Waals surface area contributed by atoms with Crippen molar-refractivity contribution in [1.82, 2.24) is 19.6 Å². The molecule has 2 amide bonds. The van der Waals surface area contributed by atoms with E-state index in [9.17, 15) is 18.0 Å². The number of piperidine rings is 1. The predicted molar refractivity (Wildman–Crippen MR) is 114 cm³/mol. The molecule has 0 unspecified atom stereocenters. The highest BCUT2D eigenvalue weighted by molar-refractivity contribution is 7.91. The third-order valence-corrected chi connectivity index (χ3v) is 9.43. The zero-order chi connectivity index (χ0) is 22.3. The second kappa shape index (κ2) is 11.0. The third kappa shape index (κ3) is 5.57. The second-order valence-electron chi connectivity index (χ2n) is 8.69. The number of nitrogens with one attached hydrogen (secondary N) is 1. The van der Waals surface area contributed by atoms with Crippen LogP contribution in [0.25, 0.3) is 0 Å². The van der Waals surface area contributed by atoms with Gasteiger partial charge in [-0.05, 0) is 38.6 Å². The van der Waals surface area contributed by atoms with Crippen molar-refractivity contribution in [1.29, 1.82) is 0 Å². The number of carbonyl (C=O) groups excluding carboxylic acids is 2. The molecule has 3 heterocycles. The van der Waals surface area contributed by atoms with Gasteiger partial charge in [-0.2, -0.15) is 4.31 Å². The van der Waals surface area contributed by atoms with Crippen LogP contribution in [0.3, 0.4) is 0 Å². The van der Waals surface area contributed by atoms with E-state index in [1.807, 2.05) is 4.90 Å². The van der Waals surface area contributed by atoms with Crippen molar-refractivity contribution in [3.63, 3.8) is 0 Å². The summed E-state index contributed by atoms with van der Waals surface area (Å²) in [6, 6.07) is 0. The highest BCUT2D eigenvalue weighted by Gasteiger charge is 2.54. The first-order chi connectivity index (χ1) is 14.9. The van der Waals surface area contributed by atoms with E-state index in [1.165, 1.54) is 10.7 Å². The lowest BCUT2D eigenvalue weighted by Crippen LogP contribution is -2.62. The maximum atomic E-state index is 13.3. The Morgan fingerprint density at radius 1 is 0.935 bits per heavy atom. The van der Waals surface area contributed by atoms with Gasteiger partial charge in [-0.15, -0.1) is 0 Å². The van der Waals surface area contributed by atoms with Crippen LogP contribution in [-0.2, 0) is 24.3 Å². The van der Waals surface area contributed by atoms with Crippen molar-refractivity contribution in [3.05, 3.63) is 0 Å². The third-order valence-electron chi connectivity index (χ3n) is 6.80. The van der Waals surface area contributed by atoms with Crippen molar-refractivity contribution < 1.29 is 28.0 Å². The summed E-state index contributed by atoms with van der Waals surface area (Å²) in [5.74, 6) is -0.629. The summed E-state index contributed by atoms with van der Waals surface area (Å²) < 4.78 is 31.5. The van der Waals surface area contributed by atoms with Crippen molar-refractivity contribution in [2.75, 3.05) is 59.0 Å². The Hall–Kier alpha value is -1.27. The molecule has 0 aromatic carbocycles. The molecule has 2 N–H and O–H groups in total. The predicted octanol–water partition coefficient (Wildman–Crippen LogP) is 0.171. The van der Waals surface area contributed by atoms with Crippen LogP contribution in [0.4, 0.5) is 0 Å². The molecule has 0 aliphatic carbocycles. The van der Waals surface area contributed by atoms with E-state index >= 15 is 0 Å². The van der Waals surface area contributed by atoms with Crippen molar-refractivity contribution >= 4 is 21.8 Å². The smallest absolute Gasteiger partial charge is 0.266 e. The van der Waals surface area contributed by atoms with Crippen LogP contribution >= 0.6 is 0 Å². The molecule has 0 radical (unpaired) electrons. The standard InChI is InChI=1S/C20H36N4O6S/c25-18(23-10-3-1-4-11-23)6-2-5-9-22-12-14-24(15-13-22)31(28,29)20(19(26)21-27)7-16-30-17-8-20/h27H,1-17H2,(H,21,26). The van der Waals surface area contributed by atoms with E-state index in [4.69, 9.17) is 9.94 Å². The number of hydrogen-bond acceptors (Lipinski definition) is 7. The number of carbonyl (C=O) groups is 2. The summed E-state index contributed by atoms with van der Waals surface area (Å²) in [7, 11) is -3.93. The number of piperazine rings is 1. The van der Waals surface area contributed by atoms with Gasteiger partial charge < -0.3 is 14.5 Å². The molecule has 3 fully saturated rings. The fourth-order valence-electron chi connectivity index (χ4n) is 4.76. The topological polar surface area (TPSA) is 119 Å². The molecule has 31 heavy (non-hydrogen) atoms. The quantitative estimate of drug-likeness (QED) is 0.301. The number of amides is 2. The average molecular weight is 461 g/mol. The Morgan fingerprint density at radius 2 is 1.58 bits per heavy atom. The maximum absolute atomic E-state index is 13.3. The number of hydroxylamine groups is 1. The summed E-state index contributed by atoms with van der Waals surface area (Å²) in [5.41, 5.74) is 1.55. The SMILES string of the molecule is O=C(CCCCN1CCN(S(=O)(=O)C2(C(=O)NO)CCOCC2)CC1)N1CCCCC1. The molecule has 11 heteroatoms. The summed E-state index contributed by atoms with van der Waals surface area (Å²) in [6.07, 6.45) is 5.81. The van der Waals surface area contributed by atoms with E-state index in [0.717, 1.165) is 45.3 Å². The van der Waals surface area contributed by atoms with Crippen LogP contribution < -0.4 is 5.48 Å². The molecule has 3 rings (SSSR count). The zero-order valence-electron chi connectivity index (χ0n) is 18.3. The Bertz CT molecular complexity index is 711. The molecule has 0 atom stereocenters. The number of rotatable bonds is 8. The van der Waals surface area contributed by atoms with Gasteiger partial charge in [0.25, 0.3) is 5.91 Å². The number of sulfonamides is 1. The van der Waals surface area contributed by atoms with Gasteiger partial charge in [0, 0.05) is 71.7 Å². The molecule has 0 saturated carbocycles. The van der Waals surface area contributed by atoms with E-state index in [-0.39, 0.29) is 32.0 Å². The molecule has 0 aromatic rings. The summed E-state index contributed by atoms with van der Waals surface area (Å²) >= 11 is 0. The lowest BCUT2D eigenvalue weighted by molar-refractivity contribution is -0.134. The molecule has 0 bridgehead atoms. The van der Waals surface area contributed by atoms with E-state index in [2.05, 4.69) is 4.90 Å². The zero-order valence-corrected chi connectivity index (χ0v) is 19.1. The molecular weight excluding hydrogens is 424 g/mol. The lowest BCUT2D eigenvalue weighted by Gasteiger charge is -2.41. The van der Waals surface area contributed by atoms with Gasteiger partial charge in [-0.1, -0.05) is 0 Å². The van der Waals surface area contributed by atoms with E-state index < -0.39 is 20.7 Å². The van der Waals surface area contributed by atoms with Gasteiger partial charge >= 0.3 is 0 Å². The van der Waals surface area contributed by atoms with Crippen LogP contribution in [0.5, 0.6) is 0 Å². The number of likely N-dealkylation sites (tertiary alicyclic amines) is 1. The van der Waals surface area contributed by atoms with Gasteiger partial charge in [0.2, 0.25) is 15.9 Å². The molecule has 0 spiro atoms. The Morgan fingerprint density at radius 3 is 2.19 bits per heavy atom. The highest BCUT2D eigenvalue weighted by Crippen LogP contribution is 2.33. The van der Waals surface area contributed by atoms with Crippen LogP contribution in [0.2, 0.25) is 0 Å². The van der Waals surface area contributed by atoms with Crippen molar-refractivity contribution in [3.8, 4) is 0 Å². The molecule has 3 saturated heterocycles. The Balaban J connectivity index is 1.44. The van der Waals surface area contributed by atoms with Gasteiger partial charge in [0.15, 0.2) is 4.75 Å². The minimum atomic E-state index is -3.93. The molecule has 3 aliphatic heterocycles. The monoisotopic (exact) mass is 460 g/mol. The number of hydrogen-bond donors (Lipinski definition) is 2. The van der Waals surface area contributed by atoms with Crippen LogP contribution in [0.1, 0.15) is 51.4 Å². The lowest BCUT2D eigenvalue weighted by atomic mass is 9.98. The number of unbranched alkanes of at least 4 members (excludes halogenated alkanes) is 1. The maximum Gasteiger partial charge on any atom is 0.266 e. The second-order valence-corrected chi connectivity index (χ2v) is 10.9. The van der Waals surface area contributed by atoms with Crippen molar-refractivity contribution in [2.24, 2.45) is 0 Å². The number of nitrogens with zero attached hydrogens (tertiary/aromatic N) is 3. The van der Waals surface area contributed by atoms with Gasteiger partial charge in [0.1, 0.15) is 0 Å². The normalized spacial score (nSPS) is 23.5. The minimum Gasteiger partial charge on any atom is -0.381 e. The van der Waals surface area contributed by atoms with Gasteiger partial charge in [0.05, 0.1) is 0 Å². The van der Waals surface area contributed by atoms with Gasteiger partial charge in [-0.3, -0.25) is 14.8 Å². The molecule has 3 aliphatic rings. The highest BCUT2D eigenvalue weighted by atomic mass is 32.2. The summed E-state index contributed by atoms with van der Waals surface area (Å²) in [4.78, 5) is 28.7. The number of ether oxygens (including phenoxy) is 1. The summed E-state index contributed by atoms with van der Waals surface area (Å²) in [5, 5.41) is 9.14. The first-order valence-corrected chi connectivity index (χ1v) is 12.9. The molecular formula is C20H36N4O6S. The first-order valence-electron chi connectivity index (χ1n) is 11.4. The first kappa shape index (κ1) is 24.4. The van der Waals surface area contributed by atoms with Crippen LogP contribution in [0, 0.1) is 0 Å². The summed E-state index contributed by atoms with van der Waals surface area (Å²) in [6.45, 7) is 4.75. The van der Waals surface area contributed by atoms with E-state index in [1.54, 1.807) is 5.48 Å². The fraction of sp³-hybridized carbons (Fsp3) is 0.900. The van der Waals surface area contributed by atoms with Crippen LogP contribution in [0.15, 0.2) is 0 Å². The molecule has 10 nitrogen and oxygen atoms in total. The minimum absolute atomic E-state index is 0.0347. The molecule has 0 aromatic heterocycles. The van der Waals surface area contributed by atoms with E-state index in [0.29, 0.717) is 32.6 Å². The van der Waals surface area contributed by atoms with Crippen molar-refractivity contribution in [2.45, 2.75) is 56.1 Å². The fourth-order valence-corrected chi connectivity index (χ4v) is 6.86. The van der Waals surface area contributed by atoms with Crippen LogP contribution in [-0.4, -0.2) is 103 Å².